The fraction of sp³-hybridized carbons (Fsp3) is 0.259. The molecule has 11 nitrogen and oxygen atoms in total. The van der Waals surface area contributed by atoms with Crippen molar-refractivity contribution >= 4 is 50.0 Å². The van der Waals surface area contributed by atoms with Crippen molar-refractivity contribution in [3.8, 4) is 11.3 Å². The molecule has 0 aliphatic rings. The maximum Gasteiger partial charge on any atom is 0.229 e. The molecule has 0 saturated carbocycles. The molecule has 4 N–H and O–H groups in total. The van der Waals surface area contributed by atoms with E-state index in [4.69, 9.17) is 10.3 Å². The number of aromatic nitrogens is 5. The average molecular weight is 547 g/mol. The molecule has 0 unspecified atom stereocenters. The van der Waals surface area contributed by atoms with Gasteiger partial charge in [-0.1, -0.05) is 38.1 Å². The SMILES string of the molecule is Cn1c(N)nc2c(-c3cc(C(C)(C)C)on3)c(Nc3ccnc(Nc4cccc(CS(C)(=O)=O)c4)n3)ccc21. The van der Waals surface area contributed by atoms with Gasteiger partial charge >= 0.3 is 0 Å². The maximum atomic E-state index is 11.7. The van der Waals surface area contributed by atoms with Crippen LogP contribution >= 0.6 is 0 Å². The van der Waals surface area contributed by atoms with E-state index in [1.807, 2.05) is 35.9 Å². The first-order valence-corrected chi connectivity index (χ1v) is 14.3. The van der Waals surface area contributed by atoms with Gasteiger partial charge in [0.25, 0.3) is 0 Å². The number of nitrogen functional groups attached to an aromatic ring is 1. The minimum Gasteiger partial charge on any atom is -0.369 e. The highest BCUT2D eigenvalue weighted by molar-refractivity contribution is 7.89. The van der Waals surface area contributed by atoms with Crippen molar-refractivity contribution < 1.29 is 12.9 Å². The number of rotatable bonds is 7. The summed E-state index contributed by atoms with van der Waals surface area (Å²) in [7, 11) is -1.29. The van der Waals surface area contributed by atoms with Crippen molar-refractivity contribution in [1.82, 2.24) is 24.7 Å². The molecule has 0 amide bonds. The highest BCUT2D eigenvalue weighted by Crippen LogP contribution is 2.38. The molecular weight excluding hydrogens is 516 g/mol. The Hall–Kier alpha value is -4.45. The summed E-state index contributed by atoms with van der Waals surface area (Å²) in [4.78, 5) is 13.5. The average Bonchev–Trinajstić information content (AvgIpc) is 3.44. The highest BCUT2D eigenvalue weighted by Gasteiger charge is 2.24. The Labute approximate surface area is 226 Å². The third-order valence-electron chi connectivity index (χ3n) is 6.12. The monoisotopic (exact) mass is 546 g/mol. The summed E-state index contributed by atoms with van der Waals surface area (Å²) in [5, 5.41) is 10.9. The molecule has 5 aromatic rings. The van der Waals surface area contributed by atoms with E-state index in [-0.39, 0.29) is 11.2 Å². The standard InChI is InChI=1S/C27H30N8O3S/c1-27(2,3)21-14-19(34-38-21)23-18(9-10-20-24(23)33-25(28)35(20)4)31-22-11-12-29-26(32-22)30-17-8-6-7-16(13-17)15-39(5,36)37/h6-14H,15H2,1-5H3,(H2,28,33)(H2,29,30,31,32). The quantitative estimate of drug-likeness (QED) is 0.256. The van der Waals surface area contributed by atoms with Crippen LogP contribution in [0.5, 0.6) is 0 Å². The molecule has 0 saturated heterocycles. The molecule has 2 aromatic carbocycles. The minimum absolute atomic E-state index is 0.0484. The van der Waals surface area contributed by atoms with Crippen LogP contribution in [0.25, 0.3) is 22.3 Å². The van der Waals surface area contributed by atoms with Crippen molar-refractivity contribution in [2.45, 2.75) is 31.9 Å². The first-order valence-electron chi connectivity index (χ1n) is 12.2. The third-order valence-corrected chi connectivity index (χ3v) is 6.98. The van der Waals surface area contributed by atoms with Gasteiger partial charge in [-0.05, 0) is 35.9 Å². The predicted octanol–water partition coefficient (Wildman–Crippen LogP) is 4.93. The molecule has 202 valence electrons. The number of anilines is 5. The van der Waals surface area contributed by atoms with Gasteiger partial charge in [-0.25, -0.2) is 18.4 Å². The van der Waals surface area contributed by atoms with Crippen LogP contribution in [-0.4, -0.2) is 39.3 Å². The second kappa shape index (κ2) is 9.70. The maximum absolute atomic E-state index is 11.7. The van der Waals surface area contributed by atoms with Gasteiger partial charge in [0.2, 0.25) is 11.9 Å². The lowest BCUT2D eigenvalue weighted by molar-refractivity contribution is 0.330. The van der Waals surface area contributed by atoms with Gasteiger partial charge in [0, 0.05) is 36.7 Å². The number of nitrogens with zero attached hydrogens (tertiary/aromatic N) is 5. The van der Waals surface area contributed by atoms with Crippen molar-refractivity contribution in [1.29, 1.82) is 0 Å². The molecule has 0 radical (unpaired) electrons. The molecule has 3 heterocycles. The van der Waals surface area contributed by atoms with Gasteiger partial charge in [-0.2, -0.15) is 4.98 Å². The molecule has 39 heavy (non-hydrogen) atoms. The van der Waals surface area contributed by atoms with Gasteiger partial charge in [-0.15, -0.1) is 0 Å². The summed E-state index contributed by atoms with van der Waals surface area (Å²) in [5.74, 6) is 1.96. The number of fused-ring (bicyclic) bond motifs is 1. The van der Waals surface area contributed by atoms with Crippen LogP contribution in [0.1, 0.15) is 32.1 Å². The summed E-state index contributed by atoms with van der Waals surface area (Å²) in [6, 6.07) is 14.7. The highest BCUT2D eigenvalue weighted by atomic mass is 32.2. The van der Waals surface area contributed by atoms with E-state index in [9.17, 15) is 8.42 Å². The lowest BCUT2D eigenvalue weighted by atomic mass is 9.92. The number of nitrogens with two attached hydrogens (primary N) is 1. The molecule has 0 aliphatic carbocycles. The third kappa shape index (κ3) is 5.70. The van der Waals surface area contributed by atoms with Crippen LogP contribution in [0.15, 0.2) is 59.3 Å². The number of aryl methyl sites for hydroxylation is 1. The zero-order valence-electron chi connectivity index (χ0n) is 22.3. The number of benzene rings is 2. The van der Waals surface area contributed by atoms with E-state index in [0.717, 1.165) is 16.8 Å². The number of hydrogen-bond acceptors (Lipinski definition) is 10. The Balaban J connectivity index is 1.50. The van der Waals surface area contributed by atoms with Gasteiger partial charge in [-0.3, -0.25) is 0 Å². The van der Waals surface area contributed by atoms with Crippen LogP contribution in [0.3, 0.4) is 0 Å². The Morgan fingerprint density at radius 2 is 1.85 bits per heavy atom. The second-order valence-corrected chi connectivity index (χ2v) is 12.6. The molecule has 0 fully saturated rings. The summed E-state index contributed by atoms with van der Waals surface area (Å²) >= 11 is 0. The molecule has 5 rings (SSSR count). The Kier molecular flexibility index (Phi) is 6.51. The molecule has 0 spiro atoms. The molecular formula is C27H30N8O3S. The summed E-state index contributed by atoms with van der Waals surface area (Å²) in [6.45, 7) is 6.17. The van der Waals surface area contributed by atoms with Crippen LogP contribution in [0.4, 0.5) is 29.1 Å². The number of sulfone groups is 1. The summed E-state index contributed by atoms with van der Waals surface area (Å²) < 4.78 is 30.9. The van der Waals surface area contributed by atoms with E-state index in [1.54, 1.807) is 30.5 Å². The number of imidazole rings is 1. The van der Waals surface area contributed by atoms with Gasteiger partial charge < -0.3 is 25.5 Å². The van der Waals surface area contributed by atoms with E-state index in [0.29, 0.717) is 45.9 Å². The van der Waals surface area contributed by atoms with Gasteiger partial charge in [0.1, 0.15) is 22.8 Å². The van der Waals surface area contributed by atoms with Gasteiger partial charge in [0.05, 0.1) is 22.5 Å². The van der Waals surface area contributed by atoms with E-state index in [2.05, 4.69) is 51.5 Å². The zero-order chi connectivity index (χ0) is 27.9. The lowest BCUT2D eigenvalue weighted by Gasteiger charge is -2.13. The van der Waals surface area contributed by atoms with Crippen molar-refractivity contribution in [3.05, 3.63) is 66.1 Å². The normalized spacial score (nSPS) is 12.1. The zero-order valence-corrected chi connectivity index (χ0v) is 23.2. The Bertz CT molecular complexity index is 1780. The molecule has 12 heteroatoms. The fourth-order valence-corrected chi connectivity index (χ4v) is 4.97. The van der Waals surface area contributed by atoms with Crippen molar-refractivity contribution in [3.63, 3.8) is 0 Å². The van der Waals surface area contributed by atoms with Gasteiger partial charge in [0.15, 0.2) is 9.84 Å². The first-order chi connectivity index (χ1) is 18.4. The smallest absolute Gasteiger partial charge is 0.229 e. The molecule has 0 bridgehead atoms. The van der Waals surface area contributed by atoms with Crippen LogP contribution in [0.2, 0.25) is 0 Å². The van der Waals surface area contributed by atoms with Crippen LogP contribution in [0, 0.1) is 0 Å². The largest absolute Gasteiger partial charge is 0.369 e. The fourth-order valence-electron chi connectivity index (χ4n) is 4.18. The van der Waals surface area contributed by atoms with Crippen molar-refractivity contribution in [2.75, 3.05) is 22.6 Å². The first kappa shape index (κ1) is 26.2. The number of nitrogens with one attached hydrogen (secondary N) is 2. The molecule has 0 aliphatic heterocycles. The Morgan fingerprint density at radius 3 is 2.56 bits per heavy atom. The number of hydrogen-bond donors (Lipinski definition) is 3. The molecule has 0 atom stereocenters. The van der Waals surface area contributed by atoms with E-state index in [1.165, 1.54) is 6.26 Å². The predicted molar refractivity (Wildman–Crippen MR) is 153 cm³/mol. The molecule has 3 aromatic heterocycles. The van der Waals surface area contributed by atoms with Crippen LogP contribution < -0.4 is 16.4 Å². The Morgan fingerprint density at radius 1 is 1.05 bits per heavy atom. The second-order valence-electron chi connectivity index (χ2n) is 10.5. The topological polar surface area (TPSA) is 154 Å². The van der Waals surface area contributed by atoms with Crippen molar-refractivity contribution in [2.24, 2.45) is 7.05 Å². The van der Waals surface area contributed by atoms with Crippen LogP contribution in [-0.2, 0) is 28.1 Å². The summed E-state index contributed by atoms with van der Waals surface area (Å²) in [5.41, 5.74) is 10.9. The minimum atomic E-state index is -3.15. The lowest BCUT2D eigenvalue weighted by Crippen LogP contribution is -2.09. The summed E-state index contributed by atoms with van der Waals surface area (Å²) in [6.07, 6.45) is 2.84. The van der Waals surface area contributed by atoms with E-state index >= 15 is 0 Å². The van der Waals surface area contributed by atoms with E-state index < -0.39 is 9.84 Å².